The molecule has 108 valence electrons. The third-order valence-corrected chi connectivity index (χ3v) is 3.36. The number of aliphatic carboxylic acids is 1. The molecule has 6 heteroatoms. The zero-order valence-corrected chi connectivity index (χ0v) is 11.2. The Labute approximate surface area is 116 Å². The molecule has 0 aliphatic carbocycles. The van der Waals surface area contributed by atoms with Gasteiger partial charge in [0.2, 0.25) is 5.91 Å². The predicted molar refractivity (Wildman–Crippen MR) is 70.3 cm³/mol. The van der Waals surface area contributed by atoms with E-state index in [0.717, 1.165) is 0 Å². The summed E-state index contributed by atoms with van der Waals surface area (Å²) in [6.45, 7) is 0.161. The molecule has 0 aromatic heterocycles. The summed E-state index contributed by atoms with van der Waals surface area (Å²) in [6, 6.07) is 6.38. The largest absolute Gasteiger partial charge is 0.497 e. The first-order valence-corrected chi connectivity index (χ1v) is 6.34. The number of ether oxygens (including phenoxy) is 1. The lowest BCUT2D eigenvalue weighted by molar-refractivity contribution is -0.139. The van der Waals surface area contributed by atoms with E-state index in [-0.39, 0.29) is 25.3 Å². The second kappa shape index (κ2) is 5.92. The van der Waals surface area contributed by atoms with Crippen molar-refractivity contribution in [2.45, 2.75) is 25.0 Å². The molecule has 2 rings (SSSR count). The summed E-state index contributed by atoms with van der Waals surface area (Å²) in [5.74, 6) is -0.622. The standard InChI is InChI=1S/C14H17NO5/c1-20-11-4-2-3-9(5-11)12(7-14(18)19)15-8-10(16)6-13(15)17/h2-5,10,12,16H,6-8H2,1H3,(H,18,19). The number of aliphatic hydroxyl groups is 1. The first-order chi connectivity index (χ1) is 9.51. The smallest absolute Gasteiger partial charge is 0.305 e. The molecule has 0 radical (unpaired) electrons. The van der Waals surface area contributed by atoms with Crippen molar-refractivity contribution in [3.8, 4) is 5.75 Å². The normalized spacial score (nSPS) is 20.0. The highest BCUT2D eigenvalue weighted by Gasteiger charge is 2.35. The number of aliphatic hydroxyl groups excluding tert-OH is 1. The van der Waals surface area contributed by atoms with Crippen LogP contribution in [0.4, 0.5) is 0 Å². The topological polar surface area (TPSA) is 87.1 Å². The highest BCUT2D eigenvalue weighted by Crippen LogP contribution is 2.30. The van der Waals surface area contributed by atoms with E-state index < -0.39 is 18.1 Å². The van der Waals surface area contributed by atoms with Gasteiger partial charge in [0.05, 0.1) is 32.1 Å². The fourth-order valence-corrected chi connectivity index (χ4v) is 2.44. The van der Waals surface area contributed by atoms with Crippen LogP contribution in [0.15, 0.2) is 24.3 Å². The minimum absolute atomic E-state index is 0.0418. The zero-order chi connectivity index (χ0) is 14.7. The van der Waals surface area contributed by atoms with Gasteiger partial charge in [0.25, 0.3) is 0 Å². The van der Waals surface area contributed by atoms with Crippen LogP contribution in [0.1, 0.15) is 24.4 Å². The molecule has 0 saturated carbocycles. The fourth-order valence-electron chi connectivity index (χ4n) is 2.44. The lowest BCUT2D eigenvalue weighted by Gasteiger charge is -2.27. The van der Waals surface area contributed by atoms with E-state index in [9.17, 15) is 14.7 Å². The van der Waals surface area contributed by atoms with Crippen LogP contribution in [0.25, 0.3) is 0 Å². The highest BCUT2D eigenvalue weighted by molar-refractivity contribution is 5.80. The van der Waals surface area contributed by atoms with E-state index >= 15 is 0 Å². The molecule has 2 N–H and O–H groups in total. The van der Waals surface area contributed by atoms with Gasteiger partial charge in [-0.25, -0.2) is 0 Å². The first kappa shape index (κ1) is 14.3. The van der Waals surface area contributed by atoms with Crippen molar-refractivity contribution in [1.82, 2.24) is 4.90 Å². The van der Waals surface area contributed by atoms with Gasteiger partial charge in [-0.2, -0.15) is 0 Å². The summed E-state index contributed by atoms with van der Waals surface area (Å²) in [5.41, 5.74) is 0.689. The number of amides is 1. The zero-order valence-electron chi connectivity index (χ0n) is 11.2. The molecule has 1 fully saturated rings. The number of hydrogen-bond acceptors (Lipinski definition) is 4. The van der Waals surface area contributed by atoms with Crippen LogP contribution < -0.4 is 4.74 Å². The van der Waals surface area contributed by atoms with E-state index in [1.807, 2.05) is 0 Å². The van der Waals surface area contributed by atoms with Crippen molar-refractivity contribution in [3.05, 3.63) is 29.8 Å². The van der Waals surface area contributed by atoms with Crippen molar-refractivity contribution >= 4 is 11.9 Å². The third kappa shape index (κ3) is 3.08. The molecule has 1 aliphatic heterocycles. The Morgan fingerprint density at radius 3 is 2.85 bits per heavy atom. The molecule has 0 spiro atoms. The van der Waals surface area contributed by atoms with E-state index in [4.69, 9.17) is 9.84 Å². The van der Waals surface area contributed by atoms with Crippen molar-refractivity contribution in [3.63, 3.8) is 0 Å². The maximum Gasteiger partial charge on any atom is 0.305 e. The number of carbonyl (C=O) groups excluding carboxylic acids is 1. The lowest BCUT2D eigenvalue weighted by Crippen LogP contribution is -2.32. The van der Waals surface area contributed by atoms with Gasteiger partial charge in [0.1, 0.15) is 5.75 Å². The summed E-state index contributed by atoms with van der Waals surface area (Å²) in [6.07, 6.45) is -0.893. The molecule has 0 bridgehead atoms. The van der Waals surface area contributed by atoms with Gasteiger partial charge in [0.15, 0.2) is 0 Å². The third-order valence-electron chi connectivity index (χ3n) is 3.36. The highest BCUT2D eigenvalue weighted by atomic mass is 16.5. The van der Waals surface area contributed by atoms with Crippen molar-refractivity contribution in [2.75, 3.05) is 13.7 Å². The molecular weight excluding hydrogens is 262 g/mol. The lowest BCUT2D eigenvalue weighted by atomic mass is 10.0. The summed E-state index contributed by atoms with van der Waals surface area (Å²) < 4.78 is 5.12. The van der Waals surface area contributed by atoms with E-state index in [2.05, 4.69) is 0 Å². The first-order valence-electron chi connectivity index (χ1n) is 6.34. The number of benzene rings is 1. The van der Waals surface area contributed by atoms with Crippen LogP contribution in [0.3, 0.4) is 0 Å². The Hall–Kier alpha value is -2.08. The molecule has 1 aromatic carbocycles. The molecule has 6 nitrogen and oxygen atoms in total. The SMILES string of the molecule is COc1cccc(C(CC(=O)O)N2CC(O)CC2=O)c1. The molecule has 1 amide bonds. The molecule has 1 aliphatic rings. The molecule has 2 unspecified atom stereocenters. The van der Waals surface area contributed by atoms with Gasteiger partial charge in [0, 0.05) is 6.54 Å². The molecular formula is C14H17NO5. The fraction of sp³-hybridized carbons (Fsp3) is 0.429. The monoisotopic (exact) mass is 279 g/mol. The minimum atomic E-state index is -0.994. The van der Waals surface area contributed by atoms with Crippen molar-refractivity contribution in [2.24, 2.45) is 0 Å². The number of rotatable bonds is 5. The van der Waals surface area contributed by atoms with Crippen LogP contribution in [0.2, 0.25) is 0 Å². The van der Waals surface area contributed by atoms with Gasteiger partial charge >= 0.3 is 5.97 Å². The predicted octanol–water partition coefficient (Wildman–Crippen LogP) is 0.804. The van der Waals surface area contributed by atoms with Gasteiger partial charge in [-0.1, -0.05) is 12.1 Å². The maximum atomic E-state index is 11.9. The number of β-amino-alcohol motifs (C(OH)–C–C–N with tert-alkyl or cyclic N) is 1. The molecule has 1 saturated heterocycles. The molecule has 2 atom stereocenters. The van der Waals surface area contributed by atoms with Gasteiger partial charge in [-0.05, 0) is 17.7 Å². The number of nitrogens with zero attached hydrogens (tertiary/aromatic N) is 1. The Kier molecular flexibility index (Phi) is 4.24. The number of carboxylic acids is 1. The Morgan fingerprint density at radius 2 is 2.30 bits per heavy atom. The summed E-state index contributed by atoms with van der Waals surface area (Å²) in [4.78, 5) is 24.4. The van der Waals surface area contributed by atoms with Crippen LogP contribution in [0.5, 0.6) is 5.75 Å². The number of hydrogen-bond donors (Lipinski definition) is 2. The van der Waals surface area contributed by atoms with E-state index in [1.54, 1.807) is 24.3 Å². The van der Waals surface area contributed by atoms with Crippen LogP contribution in [-0.4, -0.2) is 46.7 Å². The Bertz CT molecular complexity index is 516. The molecule has 1 aromatic rings. The summed E-state index contributed by atoms with van der Waals surface area (Å²) in [7, 11) is 1.52. The number of carboxylic acid groups (broad SMARTS) is 1. The van der Waals surface area contributed by atoms with E-state index in [1.165, 1.54) is 12.0 Å². The number of likely N-dealkylation sites (tertiary alicyclic amines) is 1. The Morgan fingerprint density at radius 1 is 1.55 bits per heavy atom. The van der Waals surface area contributed by atoms with Gasteiger partial charge < -0.3 is 19.8 Å². The van der Waals surface area contributed by atoms with Gasteiger partial charge in [-0.3, -0.25) is 9.59 Å². The molecule has 20 heavy (non-hydrogen) atoms. The Balaban J connectivity index is 2.31. The maximum absolute atomic E-state index is 11.9. The second-order valence-corrected chi connectivity index (χ2v) is 4.79. The number of carbonyl (C=O) groups is 2. The van der Waals surface area contributed by atoms with Crippen molar-refractivity contribution < 1.29 is 24.5 Å². The van der Waals surface area contributed by atoms with Gasteiger partial charge in [-0.15, -0.1) is 0 Å². The summed E-state index contributed by atoms with van der Waals surface area (Å²) in [5, 5.41) is 18.6. The van der Waals surface area contributed by atoms with Crippen LogP contribution in [0, 0.1) is 0 Å². The van der Waals surface area contributed by atoms with Crippen molar-refractivity contribution in [1.29, 1.82) is 0 Å². The molecule has 1 heterocycles. The quantitative estimate of drug-likeness (QED) is 0.832. The summed E-state index contributed by atoms with van der Waals surface area (Å²) >= 11 is 0. The second-order valence-electron chi connectivity index (χ2n) is 4.79. The van der Waals surface area contributed by atoms with Crippen LogP contribution in [-0.2, 0) is 9.59 Å². The van der Waals surface area contributed by atoms with E-state index in [0.29, 0.717) is 11.3 Å². The number of methoxy groups -OCH3 is 1. The minimum Gasteiger partial charge on any atom is -0.497 e. The van der Waals surface area contributed by atoms with Crippen LogP contribution >= 0.6 is 0 Å². The average Bonchev–Trinajstić information content (AvgIpc) is 2.74. The average molecular weight is 279 g/mol.